The van der Waals surface area contributed by atoms with Crippen molar-refractivity contribution in [3.63, 3.8) is 0 Å². The Labute approximate surface area is 291 Å². The first-order chi connectivity index (χ1) is 21.8. The number of fused-ring (bicyclic) bond motifs is 3. The molecule has 1 saturated heterocycles. The highest BCUT2D eigenvalue weighted by Gasteiger charge is 2.72. The average Bonchev–Trinajstić information content (AvgIpc) is 3.41. The Kier molecular flexibility index (Phi) is 8.79. The predicted molar refractivity (Wildman–Crippen MR) is 188 cm³/mol. The smallest absolute Gasteiger partial charge is 0.307 e. The summed E-state index contributed by atoms with van der Waals surface area (Å²) in [6, 6.07) is -0.0472. The van der Waals surface area contributed by atoms with Crippen LogP contribution in [0.1, 0.15) is 114 Å². The molecule has 0 aromatic carbocycles. The van der Waals surface area contributed by atoms with Crippen LogP contribution in [0.5, 0.6) is 0 Å². The Morgan fingerprint density at radius 2 is 1.85 bits per heavy atom. The monoisotopic (exact) mass is 716 g/mol. The van der Waals surface area contributed by atoms with Crippen LogP contribution in [-0.2, 0) is 14.3 Å². The summed E-state index contributed by atoms with van der Waals surface area (Å²) in [6.07, 6.45) is 9.79. The maximum absolute atomic E-state index is 13.4. The Bertz CT molecular complexity index is 1410. The number of hydrogen-bond acceptors (Lipinski definition) is 6. The van der Waals surface area contributed by atoms with E-state index in [4.69, 9.17) is 20.3 Å². The Morgan fingerprint density at radius 1 is 1.15 bits per heavy atom. The number of aromatic nitrogens is 3. The van der Waals surface area contributed by atoms with E-state index in [-0.39, 0.29) is 45.1 Å². The first-order valence-corrected chi connectivity index (χ1v) is 19.1. The van der Waals surface area contributed by atoms with E-state index in [0.717, 1.165) is 38.5 Å². The number of carbonyl (C=O) groups is 1. The minimum atomic E-state index is -0.618. The number of allylic oxidation sites excluding steroid dienone is 1. The lowest BCUT2D eigenvalue weighted by Crippen LogP contribution is -2.69. The molecule has 5 aliphatic rings. The summed E-state index contributed by atoms with van der Waals surface area (Å²) in [5.41, 5.74) is 6.69. The number of nitrogens with two attached hydrogens (primary N) is 1. The molecule has 0 radical (unpaired) electrons. The molecule has 4 aliphatic carbocycles. The van der Waals surface area contributed by atoms with E-state index >= 15 is 0 Å². The lowest BCUT2D eigenvalue weighted by Gasteiger charge is -2.71. The van der Waals surface area contributed by atoms with Crippen LogP contribution in [0.15, 0.2) is 22.7 Å². The SMILES string of the molecule is CC(C)[C@@H](C)[C@@]1(C)CC[C@]2(C)[C@H]3CC[C@@H]4C5(COC[C@]4(C)[C@@H](OC[C@@](C)(N)C(C)C)[C@H](n4ncnc4Br)C5)C3=CC[C@@]2(C)[C@@H]1C(=O)O. The highest BCUT2D eigenvalue weighted by atomic mass is 79.9. The molecule has 1 aliphatic heterocycles. The third-order valence-corrected chi connectivity index (χ3v) is 16.4. The van der Waals surface area contributed by atoms with Gasteiger partial charge in [0.05, 0.1) is 37.9 Å². The molecule has 3 saturated carbocycles. The fourth-order valence-corrected chi connectivity index (χ4v) is 12.5. The molecular formula is C38H61BrN4O4. The van der Waals surface area contributed by atoms with Crippen molar-refractivity contribution in [2.75, 3.05) is 19.8 Å². The molecule has 264 valence electrons. The van der Waals surface area contributed by atoms with Gasteiger partial charge < -0.3 is 20.3 Å². The maximum atomic E-state index is 13.4. The number of rotatable bonds is 8. The van der Waals surface area contributed by atoms with Gasteiger partial charge in [-0.05, 0) is 107 Å². The van der Waals surface area contributed by atoms with Gasteiger partial charge in [0.15, 0.2) is 4.73 Å². The van der Waals surface area contributed by atoms with Crippen molar-refractivity contribution in [1.82, 2.24) is 14.8 Å². The van der Waals surface area contributed by atoms with Crippen LogP contribution >= 0.6 is 15.9 Å². The van der Waals surface area contributed by atoms with Crippen molar-refractivity contribution in [1.29, 1.82) is 0 Å². The minimum absolute atomic E-state index is 0.0472. The highest BCUT2D eigenvalue weighted by molar-refractivity contribution is 9.10. The minimum Gasteiger partial charge on any atom is -0.481 e. The lowest BCUT2D eigenvalue weighted by molar-refractivity contribution is -0.253. The number of ether oxygens (including phenoxy) is 2. The van der Waals surface area contributed by atoms with E-state index in [1.54, 1.807) is 6.33 Å². The molecule has 0 amide bonds. The summed E-state index contributed by atoms with van der Waals surface area (Å²) in [4.78, 5) is 17.9. The van der Waals surface area contributed by atoms with Gasteiger partial charge in [0.1, 0.15) is 6.33 Å². The standard InChI is InChI=1S/C38H61BrN4O4/c1-22(2)24(5)33(6)15-16-35(8)25-11-12-28-34(7)18-46-20-38(28,26(25)13-14-36(35,9)29(33)31(44)45)17-27(43-32(39)41-21-42-43)30(34)47-19-37(10,40)23(3)4/h13,21-25,27-30H,11-12,14-20,40H2,1-10H3,(H,44,45)/t24-,25+,27-,28+,29-,30+,33-,34+,35-,36+,37-,38?/m1/s1. The largest absolute Gasteiger partial charge is 0.481 e. The molecule has 6 rings (SSSR count). The summed E-state index contributed by atoms with van der Waals surface area (Å²) < 4.78 is 16.4. The molecule has 1 aromatic heterocycles. The van der Waals surface area contributed by atoms with Gasteiger partial charge in [0.25, 0.3) is 0 Å². The van der Waals surface area contributed by atoms with Gasteiger partial charge in [-0.2, -0.15) is 5.10 Å². The zero-order valence-corrected chi connectivity index (χ0v) is 32.2. The van der Waals surface area contributed by atoms with Crippen molar-refractivity contribution in [3.05, 3.63) is 22.7 Å². The van der Waals surface area contributed by atoms with E-state index < -0.39 is 17.4 Å². The summed E-state index contributed by atoms with van der Waals surface area (Å²) in [6.45, 7) is 24.4. The molecule has 2 heterocycles. The normalized spacial score (nSPS) is 45.0. The van der Waals surface area contributed by atoms with Crippen LogP contribution in [0, 0.1) is 62.6 Å². The van der Waals surface area contributed by atoms with Gasteiger partial charge in [-0.15, -0.1) is 0 Å². The third kappa shape index (κ3) is 4.92. The van der Waals surface area contributed by atoms with Crippen LogP contribution < -0.4 is 5.73 Å². The summed E-state index contributed by atoms with van der Waals surface area (Å²) >= 11 is 3.72. The molecular weight excluding hydrogens is 656 g/mol. The van der Waals surface area contributed by atoms with Crippen LogP contribution in [0.4, 0.5) is 0 Å². The first kappa shape index (κ1) is 35.5. The van der Waals surface area contributed by atoms with Crippen molar-refractivity contribution in [2.45, 2.75) is 125 Å². The zero-order valence-electron chi connectivity index (χ0n) is 30.6. The van der Waals surface area contributed by atoms with Crippen molar-refractivity contribution in [3.8, 4) is 0 Å². The second-order valence-electron chi connectivity index (χ2n) is 18.5. The van der Waals surface area contributed by atoms with E-state index in [9.17, 15) is 9.90 Å². The van der Waals surface area contributed by atoms with E-state index in [1.165, 1.54) is 5.57 Å². The number of carboxylic acid groups (broad SMARTS) is 1. The van der Waals surface area contributed by atoms with E-state index in [2.05, 4.69) is 96.2 Å². The summed E-state index contributed by atoms with van der Waals surface area (Å²) in [7, 11) is 0. The number of nitrogens with zero attached hydrogens (tertiary/aromatic N) is 3. The molecule has 12 atom stereocenters. The maximum Gasteiger partial charge on any atom is 0.307 e. The average molecular weight is 718 g/mol. The summed E-state index contributed by atoms with van der Waals surface area (Å²) in [5, 5.41) is 15.8. The quantitative estimate of drug-likeness (QED) is 0.263. The molecule has 1 unspecified atom stereocenters. The fraction of sp³-hybridized carbons (Fsp3) is 0.868. The predicted octanol–water partition coefficient (Wildman–Crippen LogP) is 7.93. The molecule has 9 heteroatoms. The number of hydrogen-bond donors (Lipinski definition) is 2. The van der Waals surface area contributed by atoms with Gasteiger partial charge in [-0.1, -0.05) is 74.0 Å². The van der Waals surface area contributed by atoms with Crippen molar-refractivity contribution in [2.24, 2.45) is 68.3 Å². The van der Waals surface area contributed by atoms with Gasteiger partial charge in [0, 0.05) is 16.4 Å². The zero-order chi connectivity index (χ0) is 34.5. The second kappa shape index (κ2) is 11.6. The number of halogens is 1. The Morgan fingerprint density at radius 3 is 2.45 bits per heavy atom. The Hall–Kier alpha value is -1.29. The number of aliphatic carboxylic acids is 1. The highest BCUT2D eigenvalue weighted by Crippen LogP contribution is 2.75. The molecule has 4 fully saturated rings. The molecule has 1 aromatic rings. The second-order valence-corrected chi connectivity index (χ2v) is 19.2. The number of carboxylic acids is 1. The van der Waals surface area contributed by atoms with E-state index in [1.807, 2.05) is 4.68 Å². The fourth-order valence-electron chi connectivity index (χ4n) is 12.0. The van der Waals surface area contributed by atoms with Crippen LogP contribution in [0.2, 0.25) is 0 Å². The van der Waals surface area contributed by atoms with Crippen molar-refractivity contribution < 1.29 is 19.4 Å². The molecule has 2 bridgehead atoms. The molecule has 0 spiro atoms. The summed E-state index contributed by atoms with van der Waals surface area (Å²) in [5.74, 6) is 0.699. The van der Waals surface area contributed by atoms with Gasteiger partial charge in [0.2, 0.25) is 0 Å². The Balaban J connectivity index is 1.45. The van der Waals surface area contributed by atoms with Gasteiger partial charge in [-0.25, -0.2) is 9.67 Å². The van der Waals surface area contributed by atoms with Gasteiger partial charge >= 0.3 is 5.97 Å². The van der Waals surface area contributed by atoms with E-state index in [0.29, 0.717) is 48.2 Å². The van der Waals surface area contributed by atoms with Crippen LogP contribution in [-0.4, -0.2) is 57.3 Å². The van der Waals surface area contributed by atoms with Gasteiger partial charge in [-0.3, -0.25) is 4.79 Å². The van der Waals surface area contributed by atoms with Crippen LogP contribution in [0.3, 0.4) is 0 Å². The molecule has 8 nitrogen and oxygen atoms in total. The topological polar surface area (TPSA) is 112 Å². The molecule has 3 N–H and O–H groups in total. The van der Waals surface area contributed by atoms with Crippen molar-refractivity contribution >= 4 is 21.9 Å². The first-order valence-electron chi connectivity index (χ1n) is 18.3. The third-order valence-electron chi connectivity index (χ3n) is 15.8. The van der Waals surface area contributed by atoms with Crippen LogP contribution in [0.25, 0.3) is 0 Å². The lowest BCUT2D eigenvalue weighted by atomic mass is 9.34. The molecule has 47 heavy (non-hydrogen) atoms.